The van der Waals surface area contributed by atoms with Gasteiger partial charge in [-0.2, -0.15) is 0 Å². The zero-order chi connectivity index (χ0) is 15.9. The molecule has 4 heteroatoms. The lowest BCUT2D eigenvalue weighted by Gasteiger charge is -2.11. The Morgan fingerprint density at radius 2 is 1.18 bits per heavy atom. The third-order valence-corrected chi connectivity index (χ3v) is 3.21. The van der Waals surface area contributed by atoms with Crippen molar-refractivity contribution in [1.82, 2.24) is 9.97 Å². The minimum Gasteiger partial charge on any atom is -0.385 e. The lowest BCUT2D eigenvalue weighted by molar-refractivity contribution is 0.688. The molecule has 0 amide bonds. The van der Waals surface area contributed by atoms with Crippen molar-refractivity contribution in [2.24, 2.45) is 11.8 Å². The van der Waals surface area contributed by atoms with Crippen LogP contribution in [0.1, 0.15) is 27.7 Å². The van der Waals surface area contributed by atoms with Gasteiger partial charge in [0, 0.05) is 36.9 Å². The largest absolute Gasteiger partial charge is 0.385 e. The normalized spacial score (nSPS) is 11.0. The molecule has 0 spiro atoms. The van der Waals surface area contributed by atoms with E-state index >= 15 is 0 Å². The fourth-order valence-corrected chi connectivity index (χ4v) is 2.01. The minimum atomic E-state index is 0.610. The van der Waals surface area contributed by atoms with Gasteiger partial charge in [-0.05, 0) is 36.1 Å². The Hall–Kier alpha value is -2.10. The molecule has 0 saturated heterocycles. The van der Waals surface area contributed by atoms with Crippen LogP contribution in [0.15, 0.2) is 36.7 Å². The van der Waals surface area contributed by atoms with Crippen LogP contribution in [0.4, 0.5) is 11.4 Å². The van der Waals surface area contributed by atoms with E-state index in [1.807, 2.05) is 24.5 Å². The van der Waals surface area contributed by atoms with Crippen molar-refractivity contribution in [3.63, 3.8) is 0 Å². The van der Waals surface area contributed by atoms with E-state index < -0.39 is 0 Å². The van der Waals surface area contributed by atoms with Gasteiger partial charge >= 0.3 is 0 Å². The lowest BCUT2D eigenvalue weighted by atomic mass is 10.2. The molecular formula is C18H26N4. The summed E-state index contributed by atoms with van der Waals surface area (Å²) in [7, 11) is 0. The van der Waals surface area contributed by atoms with Crippen molar-refractivity contribution in [2.45, 2.75) is 27.7 Å². The monoisotopic (exact) mass is 298 g/mol. The van der Waals surface area contributed by atoms with Crippen molar-refractivity contribution >= 4 is 11.4 Å². The number of nitrogens with one attached hydrogen (secondary N) is 2. The van der Waals surface area contributed by atoms with Crippen molar-refractivity contribution in [1.29, 1.82) is 0 Å². The van der Waals surface area contributed by atoms with Crippen molar-refractivity contribution in [3.05, 3.63) is 36.7 Å². The van der Waals surface area contributed by atoms with Crippen molar-refractivity contribution in [2.75, 3.05) is 23.7 Å². The average Bonchev–Trinajstić information content (AvgIpc) is 2.51. The predicted octanol–water partition coefficient (Wildman–Crippen LogP) is 4.28. The van der Waals surface area contributed by atoms with Crippen molar-refractivity contribution in [3.8, 4) is 11.4 Å². The zero-order valence-electron chi connectivity index (χ0n) is 13.9. The van der Waals surface area contributed by atoms with E-state index in [0.717, 1.165) is 35.9 Å². The molecule has 2 heterocycles. The van der Waals surface area contributed by atoms with E-state index in [2.05, 4.69) is 60.4 Å². The molecule has 0 saturated carbocycles. The first-order valence-electron chi connectivity index (χ1n) is 7.95. The summed E-state index contributed by atoms with van der Waals surface area (Å²) >= 11 is 0. The lowest BCUT2D eigenvalue weighted by Crippen LogP contribution is -2.08. The number of hydrogen-bond donors (Lipinski definition) is 2. The maximum Gasteiger partial charge on any atom is 0.0907 e. The molecule has 0 radical (unpaired) electrons. The number of hydrogen-bond acceptors (Lipinski definition) is 4. The van der Waals surface area contributed by atoms with E-state index in [1.54, 1.807) is 0 Å². The Kier molecular flexibility index (Phi) is 5.75. The molecule has 0 aliphatic heterocycles. The van der Waals surface area contributed by atoms with Gasteiger partial charge in [-0.3, -0.25) is 9.97 Å². The van der Waals surface area contributed by atoms with E-state index in [-0.39, 0.29) is 0 Å². The Bertz CT molecular complexity index is 540. The first-order valence-corrected chi connectivity index (χ1v) is 7.95. The third kappa shape index (κ3) is 5.02. The molecule has 4 nitrogen and oxygen atoms in total. The van der Waals surface area contributed by atoms with E-state index in [4.69, 9.17) is 0 Å². The Labute approximate surface area is 133 Å². The fourth-order valence-electron chi connectivity index (χ4n) is 2.01. The zero-order valence-corrected chi connectivity index (χ0v) is 13.9. The predicted molar refractivity (Wildman–Crippen MR) is 94.1 cm³/mol. The molecule has 2 aromatic rings. The van der Waals surface area contributed by atoms with Crippen LogP contribution in [-0.2, 0) is 0 Å². The highest BCUT2D eigenvalue weighted by Gasteiger charge is 2.04. The molecular weight excluding hydrogens is 272 g/mol. The number of pyridine rings is 2. The van der Waals surface area contributed by atoms with Crippen LogP contribution in [0.5, 0.6) is 0 Å². The van der Waals surface area contributed by atoms with Gasteiger partial charge in [-0.25, -0.2) is 0 Å². The Balaban J connectivity index is 2.13. The van der Waals surface area contributed by atoms with Gasteiger partial charge in [-0.15, -0.1) is 0 Å². The summed E-state index contributed by atoms with van der Waals surface area (Å²) in [6.07, 6.45) is 3.65. The second-order valence-corrected chi connectivity index (χ2v) is 6.41. The van der Waals surface area contributed by atoms with E-state index in [1.165, 1.54) is 0 Å². The summed E-state index contributed by atoms with van der Waals surface area (Å²) in [6, 6.07) is 8.09. The molecule has 2 aromatic heterocycles. The molecule has 0 fully saturated rings. The molecule has 0 atom stereocenters. The summed E-state index contributed by atoms with van der Waals surface area (Å²) in [6.45, 7) is 10.7. The van der Waals surface area contributed by atoms with Crippen LogP contribution in [0, 0.1) is 11.8 Å². The molecule has 0 aromatic carbocycles. The minimum absolute atomic E-state index is 0.610. The molecule has 2 N–H and O–H groups in total. The summed E-state index contributed by atoms with van der Waals surface area (Å²) in [4.78, 5) is 8.89. The third-order valence-electron chi connectivity index (χ3n) is 3.21. The topological polar surface area (TPSA) is 49.8 Å². The van der Waals surface area contributed by atoms with Crippen LogP contribution >= 0.6 is 0 Å². The van der Waals surface area contributed by atoms with Gasteiger partial charge in [0.1, 0.15) is 0 Å². The molecule has 0 aliphatic carbocycles. The van der Waals surface area contributed by atoms with Crippen LogP contribution in [0.25, 0.3) is 11.4 Å². The molecule has 0 bridgehead atoms. The molecule has 0 aliphatic rings. The molecule has 2 rings (SSSR count). The van der Waals surface area contributed by atoms with Crippen LogP contribution in [0.2, 0.25) is 0 Å². The fraction of sp³-hybridized carbons (Fsp3) is 0.444. The number of aromatic nitrogens is 2. The van der Waals surface area contributed by atoms with Gasteiger partial charge in [0.15, 0.2) is 0 Å². The summed E-state index contributed by atoms with van der Waals surface area (Å²) in [5.41, 5.74) is 3.95. The standard InChI is InChI=1S/C18H26N4/c1-13(2)11-21-15-5-7-19-17(9-15)18-10-16(6-8-20-18)22-12-14(3)4/h5-10,13-14H,11-12H2,1-4H3,(H,19,21)(H,20,22). The van der Waals surface area contributed by atoms with Gasteiger partial charge in [0.05, 0.1) is 11.4 Å². The second-order valence-electron chi connectivity index (χ2n) is 6.41. The second kappa shape index (κ2) is 7.78. The number of nitrogens with zero attached hydrogens (tertiary/aromatic N) is 2. The van der Waals surface area contributed by atoms with E-state index in [0.29, 0.717) is 11.8 Å². The Morgan fingerprint density at radius 1 is 0.773 bits per heavy atom. The van der Waals surface area contributed by atoms with Gasteiger partial charge in [0.2, 0.25) is 0 Å². The maximum absolute atomic E-state index is 4.44. The SMILES string of the molecule is CC(C)CNc1ccnc(-c2cc(NCC(C)C)ccn2)c1. The van der Waals surface area contributed by atoms with Gasteiger partial charge in [-0.1, -0.05) is 27.7 Å². The maximum atomic E-state index is 4.44. The highest BCUT2D eigenvalue weighted by atomic mass is 14.9. The quantitative estimate of drug-likeness (QED) is 0.801. The summed E-state index contributed by atoms with van der Waals surface area (Å²) < 4.78 is 0. The number of rotatable bonds is 7. The van der Waals surface area contributed by atoms with E-state index in [9.17, 15) is 0 Å². The van der Waals surface area contributed by atoms with Crippen LogP contribution < -0.4 is 10.6 Å². The van der Waals surface area contributed by atoms with Crippen LogP contribution in [-0.4, -0.2) is 23.1 Å². The van der Waals surface area contributed by atoms with Crippen LogP contribution in [0.3, 0.4) is 0 Å². The Morgan fingerprint density at radius 3 is 1.55 bits per heavy atom. The highest BCUT2D eigenvalue weighted by Crippen LogP contribution is 2.21. The summed E-state index contributed by atoms with van der Waals surface area (Å²) in [5.74, 6) is 1.22. The molecule has 0 unspecified atom stereocenters. The summed E-state index contributed by atoms with van der Waals surface area (Å²) in [5, 5.41) is 6.85. The average molecular weight is 298 g/mol. The smallest absolute Gasteiger partial charge is 0.0907 e. The highest BCUT2D eigenvalue weighted by molar-refractivity contribution is 5.64. The molecule has 22 heavy (non-hydrogen) atoms. The van der Waals surface area contributed by atoms with Crippen molar-refractivity contribution < 1.29 is 0 Å². The molecule has 118 valence electrons. The van der Waals surface area contributed by atoms with Gasteiger partial charge < -0.3 is 10.6 Å². The van der Waals surface area contributed by atoms with Gasteiger partial charge in [0.25, 0.3) is 0 Å². The first kappa shape index (κ1) is 16.3. The number of anilines is 2. The first-order chi connectivity index (χ1) is 10.5.